The highest BCUT2D eigenvalue weighted by atomic mass is 16.5. The molecule has 0 fully saturated rings. The molecule has 1 N–H and O–H groups in total. The smallest absolute Gasteiger partial charge is 0.310 e. The van der Waals surface area contributed by atoms with Crippen LogP contribution in [0.15, 0.2) is 25.0 Å². The van der Waals surface area contributed by atoms with Gasteiger partial charge in [0.1, 0.15) is 6.61 Å². The zero-order valence-electron chi connectivity index (χ0n) is 6.62. The van der Waals surface area contributed by atoms with Gasteiger partial charge in [-0.1, -0.05) is 12.7 Å². The number of H-pyrrole nitrogens is 1. The van der Waals surface area contributed by atoms with Crippen LogP contribution in [0.1, 0.15) is 5.56 Å². The standard InChI is InChI=1S/C8H10N2O2/c1-2-3-12-8(11)4-7-5-9-10-6-7/h2,5-6H,1,3-4H2,(H,9,10). The third kappa shape index (κ3) is 2.57. The van der Waals surface area contributed by atoms with E-state index in [1.165, 1.54) is 6.08 Å². The molecule has 64 valence electrons. The van der Waals surface area contributed by atoms with E-state index in [9.17, 15) is 4.79 Å². The van der Waals surface area contributed by atoms with Crippen molar-refractivity contribution in [3.8, 4) is 0 Å². The second-order valence-corrected chi connectivity index (χ2v) is 2.26. The maximum atomic E-state index is 11.0. The molecule has 12 heavy (non-hydrogen) atoms. The van der Waals surface area contributed by atoms with Crippen molar-refractivity contribution < 1.29 is 9.53 Å². The number of hydrogen-bond acceptors (Lipinski definition) is 3. The normalized spacial score (nSPS) is 9.33. The van der Waals surface area contributed by atoms with Crippen LogP contribution < -0.4 is 0 Å². The van der Waals surface area contributed by atoms with Crippen LogP contribution >= 0.6 is 0 Å². The number of nitrogens with one attached hydrogen (secondary N) is 1. The molecule has 0 radical (unpaired) electrons. The molecule has 1 rings (SSSR count). The van der Waals surface area contributed by atoms with Crippen LogP contribution in [0, 0.1) is 0 Å². The number of nitrogens with zero attached hydrogens (tertiary/aromatic N) is 1. The van der Waals surface area contributed by atoms with Crippen molar-refractivity contribution in [2.75, 3.05) is 6.61 Å². The highest BCUT2D eigenvalue weighted by Gasteiger charge is 2.03. The van der Waals surface area contributed by atoms with Gasteiger partial charge < -0.3 is 4.74 Å². The summed E-state index contributed by atoms with van der Waals surface area (Å²) in [7, 11) is 0. The molecule has 4 heteroatoms. The third-order valence-corrected chi connectivity index (χ3v) is 1.27. The molecule has 0 unspecified atom stereocenters. The summed E-state index contributed by atoms with van der Waals surface area (Å²) in [5.41, 5.74) is 0.823. The topological polar surface area (TPSA) is 55.0 Å². The zero-order chi connectivity index (χ0) is 8.81. The lowest BCUT2D eigenvalue weighted by Gasteiger charge is -1.98. The van der Waals surface area contributed by atoms with Crippen molar-refractivity contribution in [3.05, 3.63) is 30.6 Å². The van der Waals surface area contributed by atoms with E-state index in [4.69, 9.17) is 4.74 Å². The number of ether oxygens (including phenoxy) is 1. The largest absolute Gasteiger partial charge is 0.461 e. The van der Waals surface area contributed by atoms with E-state index in [1.807, 2.05) is 0 Å². The van der Waals surface area contributed by atoms with Crippen molar-refractivity contribution in [1.29, 1.82) is 0 Å². The Morgan fingerprint density at radius 1 is 1.83 bits per heavy atom. The summed E-state index contributed by atoms with van der Waals surface area (Å²) in [6.45, 7) is 3.69. The molecule has 0 amide bonds. The summed E-state index contributed by atoms with van der Waals surface area (Å²) in [6.07, 6.45) is 5.04. The predicted molar refractivity (Wildman–Crippen MR) is 43.4 cm³/mol. The van der Waals surface area contributed by atoms with Crippen molar-refractivity contribution in [3.63, 3.8) is 0 Å². The molecule has 0 spiro atoms. The Hall–Kier alpha value is -1.58. The fourth-order valence-corrected chi connectivity index (χ4v) is 0.744. The summed E-state index contributed by atoms with van der Waals surface area (Å²) in [5.74, 6) is -0.267. The Labute approximate surface area is 70.2 Å². The van der Waals surface area contributed by atoms with Crippen LogP contribution in [0.5, 0.6) is 0 Å². The Morgan fingerprint density at radius 3 is 3.25 bits per heavy atom. The highest BCUT2D eigenvalue weighted by Crippen LogP contribution is 1.96. The average Bonchev–Trinajstić information content (AvgIpc) is 2.53. The molecule has 0 aliphatic carbocycles. The van der Waals surface area contributed by atoms with E-state index in [0.29, 0.717) is 0 Å². The van der Waals surface area contributed by atoms with Crippen LogP contribution in [0.2, 0.25) is 0 Å². The quantitative estimate of drug-likeness (QED) is 0.528. The van der Waals surface area contributed by atoms with E-state index in [1.54, 1.807) is 12.4 Å². The molecule has 1 heterocycles. The van der Waals surface area contributed by atoms with Gasteiger partial charge in [-0.25, -0.2) is 0 Å². The van der Waals surface area contributed by atoms with Gasteiger partial charge in [0.2, 0.25) is 0 Å². The Balaban J connectivity index is 2.32. The van der Waals surface area contributed by atoms with Gasteiger partial charge in [0.15, 0.2) is 0 Å². The van der Waals surface area contributed by atoms with Crippen molar-refractivity contribution in [2.45, 2.75) is 6.42 Å². The van der Waals surface area contributed by atoms with E-state index in [-0.39, 0.29) is 19.0 Å². The van der Waals surface area contributed by atoms with Gasteiger partial charge in [-0.15, -0.1) is 0 Å². The van der Waals surface area contributed by atoms with E-state index >= 15 is 0 Å². The molecule has 0 bridgehead atoms. The minimum absolute atomic E-state index is 0.254. The third-order valence-electron chi connectivity index (χ3n) is 1.27. The zero-order valence-corrected chi connectivity index (χ0v) is 6.62. The molecule has 0 aliphatic rings. The van der Waals surface area contributed by atoms with Crippen LogP contribution in [-0.2, 0) is 16.0 Å². The molecule has 1 aromatic rings. The summed E-state index contributed by atoms with van der Waals surface area (Å²) in [5, 5.41) is 6.32. The first kappa shape index (κ1) is 8.52. The molecule has 0 saturated carbocycles. The molecule has 0 saturated heterocycles. The lowest BCUT2D eigenvalue weighted by Crippen LogP contribution is -2.07. The van der Waals surface area contributed by atoms with Crippen LogP contribution in [0.3, 0.4) is 0 Å². The van der Waals surface area contributed by atoms with Crippen LogP contribution in [-0.4, -0.2) is 22.8 Å². The van der Waals surface area contributed by atoms with Gasteiger partial charge in [-0.2, -0.15) is 5.10 Å². The van der Waals surface area contributed by atoms with Crippen LogP contribution in [0.25, 0.3) is 0 Å². The molecule has 0 aromatic carbocycles. The second-order valence-electron chi connectivity index (χ2n) is 2.26. The minimum atomic E-state index is -0.267. The first-order chi connectivity index (χ1) is 5.83. The van der Waals surface area contributed by atoms with Gasteiger partial charge in [0.05, 0.1) is 12.6 Å². The SMILES string of the molecule is C=CCOC(=O)Cc1cn[nH]c1. The van der Waals surface area contributed by atoms with Gasteiger partial charge >= 0.3 is 5.97 Å². The van der Waals surface area contributed by atoms with Crippen LogP contribution in [0.4, 0.5) is 0 Å². The summed E-state index contributed by atoms with van der Waals surface area (Å²) in [4.78, 5) is 11.0. The molecular weight excluding hydrogens is 156 g/mol. The number of carbonyl (C=O) groups excluding carboxylic acids is 1. The highest BCUT2D eigenvalue weighted by molar-refractivity contribution is 5.72. The van der Waals surface area contributed by atoms with Crippen molar-refractivity contribution >= 4 is 5.97 Å². The van der Waals surface area contributed by atoms with E-state index in [0.717, 1.165) is 5.56 Å². The number of hydrogen-bond donors (Lipinski definition) is 1. The predicted octanol–water partition coefficient (Wildman–Crippen LogP) is 0.681. The Morgan fingerprint density at radius 2 is 2.67 bits per heavy atom. The lowest BCUT2D eigenvalue weighted by atomic mass is 10.3. The van der Waals surface area contributed by atoms with Crippen molar-refractivity contribution in [2.24, 2.45) is 0 Å². The average molecular weight is 166 g/mol. The fraction of sp³-hybridized carbons (Fsp3) is 0.250. The first-order valence-electron chi connectivity index (χ1n) is 3.57. The minimum Gasteiger partial charge on any atom is -0.461 e. The summed E-state index contributed by atoms with van der Waals surface area (Å²) in [6, 6.07) is 0. The number of aromatic nitrogens is 2. The molecule has 0 aliphatic heterocycles. The Bertz CT molecular complexity index is 254. The van der Waals surface area contributed by atoms with Gasteiger partial charge in [-0.05, 0) is 0 Å². The van der Waals surface area contributed by atoms with E-state index < -0.39 is 0 Å². The number of rotatable bonds is 4. The summed E-state index contributed by atoms with van der Waals surface area (Å²) >= 11 is 0. The van der Waals surface area contributed by atoms with E-state index in [2.05, 4.69) is 16.8 Å². The lowest BCUT2D eigenvalue weighted by molar-refractivity contribution is -0.141. The summed E-state index contributed by atoms with van der Waals surface area (Å²) < 4.78 is 4.77. The van der Waals surface area contributed by atoms with Crippen molar-refractivity contribution in [1.82, 2.24) is 10.2 Å². The van der Waals surface area contributed by atoms with Gasteiger partial charge in [0, 0.05) is 11.8 Å². The monoisotopic (exact) mass is 166 g/mol. The maximum absolute atomic E-state index is 11.0. The fourth-order valence-electron chi connectivity index (χ4n) is 0.744. The number of aromatic amines is 1. The van der Waals surface area contributed by atoms with Gasteiger partial charge in [0.25, 0.3) is 0 Å². The number of esters is 1. The Kier molecular flexibility index (Phi) is 3.07. The second kappa shape index (κ2) is 4.33. The first-order valence-corrected chi connectivity index (χ1v) is 3.57. The van der Waals surface area contributed by atoms with Gasteiger partial charge in [-0.3, -0.25) is 9.89 Å². The molecule has 1 aromatic heterocycles. The molecule has 4 nitrogen and oxygen atoms in total. The number of carbonyl (C=O) groups is 1. The maximum Gasteiger partial charge on any atom is 0.310 e. The molecule has 0 atom stereocenters. The molecular formula is C8H10N2O2.